The van der Waals surface area contributed by atoms with E-state index in [0.29, 0.717) is 17.1 Å². The average Bonchev–Trinajstić information content (AvgIpc) is 3.36. The highest BCUT2D eigenvalue weighted by Crippen LogP contribution is 2.32. The van der Waals surface area contributed by atoms with Gasteiger partial charge in [0.1, 0.15) is 6.54 Å². The van der Waals surface area contributed by atoms with Crippen LogP contribution >= 0.6 is 11.8 Å². The lowest BCUT2D eigenvalue weighted by Gasteiger charge is -2.13. The van der Waals surface area contributed by atoms with Crippen molar-refractivity contribution in [1.82, 2.24) is 9.47 Å². The van der Waals surface area contributed by atoms with Crippen LogP contribution in [0.15, 0.2) is 65.7 Å². The van der Waals surface area contributed by atoms with Gasteiger partial charge in [0.15, 0.2) is 0 Å². The highest BCUT2D eigenvalue weighted by molar-refractivity contribution is 8.18. The van der Waals surface area contributed by atoms with E-state index in [1.807, 2.05) is 26.0 Å². The number of carbonyl (C=O) groups excluding carboxylic acids is 3. The number of rotatable bonds is 6. The van der Waals surface area contributed by atoms with Crippen LogP contribution in [-0.4, -0.2) is 38.0 Å². The monoisotopic (exact) mass is 476 g/mol. The predicted octanol–water partition coefficient (Wildman–Crippen LogP) is 4.68. The van der Waals surface area contributed by atoms with Gasteiger partial charge in [0.25, 0.3) is 16.8 Å². The molecule has 0 atom stereocenters. The van der Waals surface area contributed by atoms with Crippen LogP contribution < -0.4 is 5.32 Å². The van der Waals surface area contributed by atoms with Crippen molar-refractivity contribution in [1.29, 1.82) is 0 Å². The summed E-state index contributed by atoms with van der Waals surface area (Å²) in [5.74, 6) is -1.03. The number of nitro benzene ring substituents is 1. The van der Waals surface area contributed by atoms with Gasteiger partial charge in [-0.05, 0) is 79.2 Å². The molecule has 1 fully saturated rings. The molecular weight excluding hydrogens is 456 g/mol. The number of carbonyl (C=O) groups is 3. The van der Waals surface area contributed by atoms with E-state index < -0.39 is 28.5 Å². The van der Waals surface area contributed by atoms with E-state index in [0.717, 1.165) is 27.8 Å². The maximum atomic E-state index is 12.8. The summed E-state index contributed by atoms with van der Waals surface area (Å²) < 4.78 is 1.74. The first kappa shape index (κ1) is 23.0. The van der Waals surface area contributed by atoms with Crippen molar-refractivity contribution in [2.45, 2.75) is 13.8 Å². The molecule has 34 heavy (non-hydrogen) atoms. The number of non-ortho nitro benzene ring substituents is 1. The number of hydrogen-bond acceptors (Lipinski definition) is 6. The summed E-state index contributed by atoms with van der Waals surface area (Å²) in [6.45, 7) is 3.50. The number of nitro groups is 1. The van der Waals surface area contributed by atoms with Crippen LogP contribution in [0.4, 0.5) is 16.2 Å². The zero-order valence-corrected chi connectivity index (χ0v) is 19.2. The Hall–Kier alpha value is -4.18. The number of nitrogens with zero attached hydrogens (tertiary/aromatic N) is 3. The van der Waals surface area contributed by atoms with E-state index in [2.05, 4.69) is 5.32 Å². The van der Waals surface area contributed by atoms with Gasteiger partial charge in [0.05, 0.1) is 9.83 Å². The fourth-order valence-electron chi connectivity index (χ4n) is 3.42. The topological polar surface area (TPSA) is 115 Å². The number of benzene rings is 2. The standard InChI is InChI=1S/C24H20N4O5S/c1-15-5-6-17(12-16(15)2)25-22(29)14-27-23(30)21(34-24(27)31)13-20-4-3-11-26(20)18-7-9-19(10-8-18)28(32)33/h3-13H,14H2,1-2H3,(H,25,29)/b21-13+. The maximum Gasteiger partial charge on any atom is 0.294 e. The van der Waals surface area contributed by atoms with Gasteiger partial charge in [-0.3, -0.25) is 29.4 Å². The Labute approximate surface area is 199 Å². The summed E-state index contributed by atoms with van der Waals surface area (Å²) >= 11 is 0.759. The number of aromatic nitrogens is 1. The molecule has 0 radical (unpaired) electrons. The Kier molecular flexibility index (Phi) is 6.33. The van der Waals surface area contributed by atoms with E-state index in [-0.39, 0.29) is 10.6 Å². The second kappa shape index (κ2) is 9.36. The summed E-state index contributed by atoms with van der Waals surface area (Å²) in [4.78, 5) is 49.2. The molecular formula is C24H20N4O5S. The number of imide groups is 1. The molecule has 1 saturated heterocycles. The lowest BCUT2D eigenvalue weighted by molar-refractivity contribution is -0.384. The molecule has 0 aliphatic carbocycles. The van der Waals surface area contributed by atoms with Gasteiger partial charge >= 0.3 is 0 Å². The minimum atomic E-state index is -0.554. The predicted molar refractivity (Wildman–Crippen MR) is 130 cm³/mol. The zero-order chi connectivity index (χ0) is 24.4. The highest BCUT2D eigenvalue weighted by atomic mass is 32.2. The van der Waals surface area contributed by atoms with Crippen LogP contribution in [0.25, 0.3) is 11.8 Å². The molecule has 3 aromatic rings. The third-order valence-corrected chi connectivity index (χ3v) is 6.27. The molecule has 1 aliphatic heterocycles. The van der Waals surface area contributed by atoms with Crippen molar-refractivity contribution in [2.75, 3.05) is 11.9 Å². The third-order valence-electron chi connectivity index (χ3n) is 5.36. The van der Waals surface area contributed by atoms with Crippen LogP contribution in [0.2, 0.25) is 0 Å². The molecule has 0 unspecified atom stereocenters. The maximum absolute atomic E-state index is 12.8. The molecule has 9 nitrogen and oxygen atoms in total. The van der Waals surface area contributed by atoms with Crippen molar-refractivity contribution in [3.05, 3.63) is 92.6 Å². The van der Waals surface area contributed by atoms with Gasteiger partial charge < -0.3 is 9.88 Å². The first-order valence-electron chi connectivity index (χ1n) is 10.3. The number of amides is 3. The number of thioether (sulfide) groups is 1. The van der Waals surface area contributed by atoms with Crippen LogP contribution in [0.3, 0.4) is 0 Å². The SMILES string of the molecule is Cc1ccc(NC(=O)CN2C(=O)S/C(=C/c3cccn3-c3ccc([N+](=O)[O-])cc3)C2=O)cc1C. The molecule has 1 aromatic heterocycles. The van der Waals surface area contributed by atoms with Crippen molar-refractivity contribution in [3.63, 3.8) is 0 Å². The zero-order valence-electron chi connectivity index (χ0n) is 18.3. The fourth-order valence-corrected chi connectivity index (χ4v) is 4.24. The molecule has 1 aliphatic rings. The van der Waals surface area contributed by atoms with E-state index in [4.69, 9.17) is 0 Å². The molecule has 0 bridgehead atoms. The molecule has 2 heterocycles. The second-order valence-corrected chi connectivity index (χ2v) is 8.68. The summed E-state index contributed by atoms with van der Waals surface area (Å²) in [5, 5.41) is 13.1. The first-order chi connectivity index (χ1) is 16.2. The number of nitrogens with one attached hydrogen (secondary N) is 1. The van der Waals surface area contributed by atoms with E-state index in [1.165, 1.54) is 12.1 Å². The van der Waals surface area contributed by atoms with Gasteiger partial charge in [0.2, 0.25) is 5.91 Å². The summed E-state index contributed by atoms with van der Waals surface area (Å²) in [6, 6.07) is 15.0. The molecule has 1 N–H and O–H groups in total. The van der Waals surface area contributed by atoms with E-state index in [1.54, 1.807) is 47.2 Å². The van der Waals surface area contributed by atoms with Crippen molar-refractivity contribution in [2.24, 2.45) is 0 Å². The largest absolute Gasteiger partial charge is 0.325 e. The number of aryl methyl sites for hydroxylation is 2. The Morgan fingerprint density at radius 3 is 2.50 bits per heavy atom. The minimum Gasteiger partial charge on any atom is -0.325 e. The van der Waals surface area contributed by atoms with Gasteiger partial charge in [-0.1, -0.05) is 6.07 Å². The van der Waals surface area contributed by atoms with Gasteiger partial charge in [-0.25, -0.2) is 0 Å². The first-order valence-corrected chi connectivity index (χ1v) is 11.1. The number of anilines is 1. The molecule has 2 aromatic carbocycles. The van der Waals surface area contributed by atoms with E-state index >= 15 is 0 Å². The van der Waals surface area contributed by atoms with Crippen LogP contribution in [-0.2, 0) is 9.59 Å². The fraction of sp³-hybridized carbons (Fsp3) is 0.125. The normalized spacial score (nSPS) is 14.6. The van der Waals surface area contributed by atoms with Crippen LogP contribution in [0, 0.1) is 24.0 Å². The lowest BCUT2D eigenvalue weighted by atomic mass is 10.1. The van der Waals surface area contributed by atoms with Crippen molar-refractivity contribution < 1.29 is 19.3 Å². The van der Waals surface area contributed by atoms with E-state index in [9.17, 15) is 24.5 Å². The van der Waals surface area contributed by atoms with Crippen molar-refractivity contribution >= 4 is 46.3 Å². The molecule has 0 spiro atoms. The minimum absolute atomic E-state index is 0.0300. The van der Waals surface area contributed by atoms with Gasteiger partial charge in [-0.2, -0.15) is 0 Å². The highest BCUT2D eigenvalue weighted by Gasteiger charge is 2.36. The second-order valence-electron chi connectivity index (χ2n) is 7.69. The van der Waals surface area contributed by atoms with Gasteiger partial charge in [-0.15, -0.1) is 0 Å². The smallest absolute Gasteiger partial charge is 0.294 e. The van der Waals surface area contributed by atoms with Crippen molar-refractivity contribution in [3.8, 4) is 5.69 Å². The Morgan fingerprint density at radius 2 is 1.82 bits per heavy atom. The summed E-state index contributed by atoms with van der Waals surface area (Å²) in [5.41, 5.74) is 3.94. The Balaban J connectivity index is 1.49. The molecule has 0 saturated carbocycles. The molecule has 3 amide bonds. The quantitative estimate of drug-likeness (QED) is 0.314. The molecule has 10 heteroatoms. The summed E-state index contributed by atoms with van der Waals surface area (Å²) in [7, 11) is 0. The average molecular weight is 477 g/mol. The number of hydrogen-bond donors (Lipinski definition) is 1. The van der Waals surface area contributed by atoms with Crippen LogP contribution in [0.5, 0.6) is 0 Å². The molecule has 4 rings (SSSR count). The lowest BCUT2D eigenvalue weighted by Crippen LogP contribution is -2.36. The Morgan fingerprint density at radius 1 is 1.09 bits per heavy atom. The van der Waals surface area contributed by atoms with Crippen LogP contribution in [0.1, 0.15) is 16.8 Å². The summed E-state index contributed by atoms with van der Waals surface area (Å²) in [6.07, 6.45) is 3.31. The third kappa shape index (κ3) is 4.76. The van der Waals surface area contributed by atoms with Gasteiger partial charge in [0, 0.05) is 35.4 Å². The Bertz CT molecular complexity index is 1340. The molecule has 172 valence electrons.